The van der Waals surface area contributed by atoms with Crippen molar-refractivity contribution in [3.05, 3.63) is 24.1 Å². The topological polar surface area (TPSA) is 69.1 Å². The Bertz CT molecular complexity index is 536. The molecule has 2 rings (SSSR count). The second-order valence-corrected chi connectivity index (χ2v) is 5.55. The first kappa shape index (κ1) is 12.1. The molecule has 0 aliphatic carbocycles. The van der Waals surface area contributed by atoms with Crippen LogP contribution < -0.4 is 5.73 Å². The number of unbranched alkanes of at least 4 members (excludes halogenated alkanes) is 1. The first-order chi connectivity index (χ1) is 8.19. The molecule has 1 unspecified atom stereocenters. The highest BCUT2D eigenvalue weighted by molar-refractivity contribution is 7.84. The number of nitrogens with zero attached hydrogens (tertiary/aromatic N) is 1. The van der Waals surface area contributed by atoms with Crippen molar-refractivity contribution in [3.63, 3.8) is 0 Å². The van der Waals surface area contributed by atoms with Crippen LogP contribution in [0.15, 0.2) is 22.6 Å². The van der Waals surface area contributed by atoms with Crippen LogP contribution in [0.25, 0.3) is 11.1 Å². The number of anilines is 1. The van der Waals surface area contributed by atoms with Crippen molar-refractivity contribution < 1.29 is 8.63 Å². The normalized spacial score (nSPS) is 13.0. The van der Waals surface area contributed by atoms with E-state index in [1.165, 1.54) is 0 Å². The van der Waals surface area contributed by atoms with E-state index in [0.29, 0.717) is 28.7 Å². The van der Waals surface area contributed by atoms with Gasteiger partial charge in [0.05, 0.1) is 0 Å². The molecule has 1 aromatic heterocycles. The van der Waals surface area contributed by atoms with E-state index in [0.717, 1.165) is 18.4 Å². The molecule has 0 aliphatic rings. The molecule has 17 heavy (non-hydrogen) atoms. The lowest BCUT2D eigenvalue weighted by atomic mass is 10.3. The molecule has 0 radical (unpaired) electrons. The van der Waals surface area contributed by atoms with E-state index in [-0.39, 0.29) is 0 Å². The lowest BCUT2D eigenvalue weighted by Crippen LogP contribution is -2.00. The molecular weight excluding hydrogens is 236 g/mol. The number of nitrogen functional groups attached to an aromatic ring is 1. The van der Waals surface area contributed by atoms with E-state index >= 15 is 0 Å². The molecule has 0 aliphatic heterocycles. The lowest BCUT2D eigenvalue weighted by molar-refractivity contribution is 0.552. The molecule has 5 heteroatoms. The average Bonchev–Trinajstić information content (AvgIpc) is 2.67. The predicted octanol–water partition coefficient (Wildman–Crippen LogP) is 2.46. The highest BCUT2D eigenvalue weighted by Crippen LogP contribution is 2.19. The Labute approximate surface area is 103 Å². The lowest BCUT2D eigenvalue weighted by Gasteiger charge is -1.96. The molecule has 4 nitrogen and oxygen atoms in total. The van der Waals surface area contributed by atoms with Gasteiger partial charge in [-0.2, -0.15) is 0 Å². The SMILES string of the molecule is CCCCS(=O)Cc1nc2ccc(N)cc2o1. The third-order valence-corrected chi connectivity index (χ3v) is 3.78. The summed E-state index contributed by atoms with van der Waals surface area (Å²) < 4.78 is 17.2. The fourth-order valence-corrected chi connectivity index (χ4v) is 2.72. The minimum atomic E-state index is -0.890. The molecule has 0 bridgehead atoms. The molecule has 92 valence electrons. The Kier molecular flexibility index (Phi) is 3.78. The number of fused-ring (bicyclic) bond motifs is 1. The quantitative estimate of drug-likeness (QED) is 0.830. The van der Waals surface area contributed by atoms with Crippen LogP contribution in [0.4, 0.5) is 5.69 Å². The van der Waals surface area contributed by atoms with Gasteiger partial charge >= 0.3 is 0 Å². The monoisotopic (exact) mass is 252 g/mol. The van der Waals surface area contributed by atoms with E-state index in [9.17, 15) is 4.21 Å². The Balaban J connectivity index is 2.11. The molecule has 2 N–H and O–H groups in total. The van der Waals surface area contributed by atoms with Gasteiger partial charge in [-0.1, -0.05) is 13.3 Å². The van der Waals surface area contributed by atoms with E-state index in [1.54, 1.807) is 12.1 Å². The van der Waals surface area contributed by atoms with Gasteiger partial charge in [-0.3, -0.25) is 4.21 Å². The highest BCUT2D eigenvalue weighted by Gasteiger charge is 2.09. The maximum atomic E-state index is 11.7. The van der Waals surface area contributed by atoms with Crippen molar-refractivity contribution in [1.82, 2.24) is 4.98 Å². The molecule has 2 aromatic rings. The van der Waals surface area contributed by atoms with Crippen molar-refractivity contribution in [3.8, 4) is 0 Å². The fraction of sp³-hybridized carbons (Fsp3) is 0.417. The van der Waals surface area contributed by atoms with Crippen LogP contribution in [0.2, 0.25) is 0 Å². The van der Waals surface area contributed by atoms with Crippen molar-refractivity contribution >= 4 is 27.6 Å². The molecular formula is C12H16N2O2S. The molecule has 0 amide bonds. The number of benzene rings is 1. The van der Waals surface area contributed by atoms with Crippen molar-refractivity contribution in [2.45, 2.75) is 25.5 Å². The molecule has 0 fully saturated rings. The van der Waals surface area contributed by atoms with Gasteiger partial charge in [0.1, 0.15) is 11.3 Å². The summed E-state index contributed by atoms with van der Waals surface area (Å²) in [5, 5.41) is 0. The van der Waals surface area contributed by atoms with Gasteiger partial charge in [-0.15, -0.1) is 0 Å². The van der Waals surface area contributed by atoms with Gasteiger partial charge in [0.25, 0.3) is 0 Å². The zero-order valence-electron chi connectivity index (χ0n) is 9.81. The summed E-state index contributed by atoms with van der Waals surface area (Å²) in [5.41, 5.74) is 7.72. The zero-order chi connectivity index (χ0) is 12.3. The van der Waals surface area contributed by atoms with Crippen molar-refractivity contribution in [2.24, 2.45) is 0 Å². The minimum Gasteiger partial charge on any atom is -0.440 e. The Hall–Kier alpha value is -1.36. The van der Waals surface area contributed by atoms with Gasteiger partial charge in [-0.05, 0) is 18.6 Å². The van der Waals surface area contributed by atoms with Crippen LogP contribution >= 0.6 is 0 Å². The van der Waals surface area contributed by atoms with Crippen molar-refractivity contribution in [1.29, 1.82) is 0 Å². The minimum absolute atomic E-state index is 0.384. The largest absolute Gasteiger partial charge is 0.440 e. The predicted molar refractivity (Wildman–Crippen MR) is 70.0 cm³/mol. The molecule has 1 atom stereocenters. The number of hydrogen-bond donors (Lipinski definition) is 1. The summed E-state index contributed by atoms with van der Waals surface area (Å²) in [5.74, 6) is 1.62. The average molecular weight is 252 g/mol. The summed E-state index contributed by atoms with van der Waals surface area (Å²) in [4.78, 5) is 4.29. The third kappa shape index (κ3) is 3.06. The summed E-state index contributed by atoms with van der Waals surface area (Å²) in [6, 6.07) is 5.33. The van der Waals surface area contributed by atoms with Gasteiger partial charge in [0.2, 0.25) is 5.89 Å². The van der Waals surface area contributed by atoms with Gasteiger partial charge in [0, 0.05) is 28.3 Å². The first-order valence-electron chi connectivity index (χ1n) is 5.69. The summed E-state index contributed by atoms with van der Waals surface area (Å²) in [6.45, 7) is 2.08. The van der Waals surface area contributed by atoms with Gasteiger partial charge in [-0.25, -0.2) is 4.98 Å². The Morgan fingerprint density at radius 1 is 1.47 bits per heavy atom. The third-order valence-electron chi connectivity index (χ3n) is 2.47. The van der Waals surface area contributed by atoms with Crippen LogP contribution in [0.1, 0.15) is 25.7 Å². The van der Waals surface area contributed by atoms with Crippen LogP contribution in [-0.2, 0) is 16.6 Å². The van der Waals surface area contributed by atoms with E-state index < -0.39 is 10.8 Å². The first-order valence-corrected chi connectivity index (χ1v) is 7.17. The highest BCUT2D eigenvalue weighted by atomic mass is 32.2. The Morgan fingerprint density at radius 3 is 3.06 bits per heavy atom. The molecule has 0 saturated heterocycles. The van der Waals surface area contributed by atoms with Crippen LogP contribution in [-0.4, -0.2) is 14.9 Å². The maximum absolute atomic E-state index is 11.7. The summed E-state index contributed by atoms with van der Waals surface area (Å²) in [6.07, 6.45) is 2.02. The number of hydrogen-bond acceptors (Lipinski definition) is 4. The number of aromatic nitrogens is 1. The van der Waals surface area contributed by atoms with Crippen molar-refractivity contribution in [2.75, 3.05) is 11.5 Å². The maximum Gasteiger partial charge on any atom is 0.208 e. The van der Waals surface area contributed by atoms with Crippen LogP contribution in [0, 0.1) is 0 Å². The number of nitrogens with two attached hydrogens (primary N) is 1. The van der Waals surface area contributed by atoms with Crippen LogP contribution in [0.5, 0.6) is 0 Å². The number of rotatable bonds is 5. The molecule has 1 aromatic carbocycles. The molecule has 1 heterocycles. The second kappa shape index (κ2) is 5.31. The van der Waals surface area contributed by atoms with E-state index in [4.69, 9.17) is 10.2 Å². The summed E-state index contributed by atoms with van der Waals surface area (Å²) in [7, 11) is -0.890. The van der Waals surface area contributed by atoms with Crippen LogP contribution in [0.3, 0.4) is 0 Å². The van der Waals surface area contributed by atoms with Gasteiger partial charge in [0.15, 0.2) is 5.58 Å². The smallest absolute Gasteiger partial charge is 0.208 e. The van der Waals surface area contributed by atoms with E-state index in [1.807, 2.05) is 6.07 Å². The van der Waals surface area contributed by atoms with E-state index in [2.05, 4.69) is 11.9 Å². The molecule has 0 saturated carbocycles. The molecule has 0 spiro atoms. The standard InChI is InChI=1S/C12H16N2O2S/c1-2-3-6-17(15)8-12-14-10-5-4-9(13)7-11(10)16-12/h4-5,7H,2-3,6,8,13H2,1H3. The summed E-state index contributed by atoms with van der Waals surface area (Å²) >= 11 is 0. The second-order valence-electron chi connectivity index (χ2n) is 3.98. The van der Waals surface area contributed by atoms with Gasteiger partial charge < -0.3 is 10.2 Å². The number of oxazole rings is 1. The zero-order valence-corrected chi connectivity index (χ0v) is 10.6. The Morgan fingerprint density at radius 2 is 2.29 bits per heavy atom. The fourth-order valence-electron chi connectivity index (χ4n) is 1.57.